The Kier molecular flexibility index (Phi) is 5.25. The lowest BCUT2D eigenvalue weighted by molar-refractivity contribution is -0.134. The van der Waals surface area contributed by atoms with Crippen LogP contribution in [-0.4, -0.2) is 43.4 Å². The van der Waals surface area contributed by atoms with Crippen molar-refractivity contribution in [1.82, 2.24) is 9.29 Å². The minimum Gasteiger partial charge on any atom is -0.442 e. The van der Waals surface area contributed by atoms with Gasteiger partial charge in [-0.2, -0.15) is 17.5 Å². The molecular weight excluding hydrogens is 383 g/mol. The molecule has 1 N–H and O–H groups in total. The summed E-state index contributed by atoms with van der Waals surface area (Å²) in [6, 6.07) is 2.40. The van der Waals surface area contributed by atoms with Gasteiger partial charge in [0.15, 0.2) is 5.13 Å². The molecule has 0 aliphatic carbocycles. The maximum Gasteiger partial charge on any atom is 0.402 e. The fourth-order valence-electron chi connectivity index (χ4n) is 1.90. The van der Waals surface area contributed by atoms with E-state index < -0.39 is 27.8 Å². The summed E-state index contributed by atoms with van der Waals surface area (Å²) >= 11 is 1.06. The number of anilines is 1. The highest BCUT2D eigenvalue weighted by Gasteiger charge is 2.36. The number of aromatic nitrogens is 1. The van der Waals surface area contributed by atoms with Gasteiger partial charge in [-0.05, 0) is 19.1 Å². The summed E-state index contributed by atoms with van der Waals surface area (Å²) in [7, 11) is -3.61. The molecule has 0 radical (unpaired) electrons. The van der Waals surface area contributed by atoms with Gasteiger partial charge in [0, 0.05) is 14.0 Å². The molecule has 25 heavy (non-hydrogen) atoms. The van der Waals surface area contributed by atoms with Crippen LogP contribution in [0.1, 0.15) is 12.6 Å². The molecule has 0 fully saturated rings. The Balaban J connectivity index is 2.31. The second-order valence-electron chi connectivity index (χ2n) is 5.11. The third-order valence-corrected chi connectivity index (χ3v) is 5.72. The smallest absolute Gasteiger partial charge is 0.402 e. The van der Waals surface area contributed by atoms with Gasteiger partial charge in [0.2, 0.25) is 11.0 Å². The van der Waals surface area contributed by atoms with Gasteiger partial charge in [-0.25, -0.2) is 13.4 Å². The Hall–Kier alpha value is -1.92. The Bertz CT molecular complexity index is 887. The zero-order valence-corrected chi connectivity index (χ0v) is 15.0. The number of halogens is 3. The SMILES string of the molecule is CC(=O)Nc1nc(C)c(-c2ccc(S(=O)(=O)N(C)CC(F)(F)F)o2)s1. The molecule has 12 heteroatoms. The molecule has 7 nitrogen and oxygen atoms in total. The van der Waals surface area contributed by atoms with Crippen LogP contribution in [0, 0.1) is 6.92 Å². The molecule has 0 saturated carbocycles. The molecule has 2 rings (SSSR count). The first-order chi connectivity index (χ1) is 11.4. The number of hydrogen-bond donors (Lipinski definition) is 1. The van der Waals surface area contributed by atoms with Gasteiger partial charge in [0.05, 0.1) is 10.6 Å². The largest absolute Gasteiger partial charge is 0.442 e. The monoisotopic (exact) mass is 397 g/mol. The van der Waals surface area contributed by atoms with Gasteiger partial charge in [0.25, 0.3) is 10.0 Å². The average Bonchev–Trinajstić information content (AvgIpc) is 3.03. The van der Waals surface area contributed by atoms with Gasteiger partial charge < -0.3 is 9.73 Å². The van der Waals surface area contributed by atoms with E-state index in [1.165, 1.54) is 13.0 Å². The molecule has 2 aromatic heterocycles. The minimum absolute atomic E-state index is 0.130. The summed E-state index contributed by atoms with van der Waals surface area (Å²) in [6.45, 7) is 1.31. The van der Waals surface area contributed by atoms with Gasteiger partial charge >= 0.3 is 6.18 Å². The maximum absolute atomic E-state index is 12.4. The molecule has 0 spiro atoms. The fourth-order valence-corrected chi connectivity index (χ4v) is 3.93. The molecule has 0 unspecified atom stereocenters. The van der Waals surface area contributed by atoms with Crippen LogP contribution in [-0.2, 0) is 14.8 Å². The van der Waals surface area contributed by atoms with Gasteiger partial charge in [-0.15, -0.1) is 0 Å². The first kappa shape index (κ1) is 19.4. The van der Waals surface area contributed by atoms with E-state index in [0.29, 0.717) is 15.7 Å². The van der Waals surface area contributed by atoms with Crippen molar-refractivity contribution in [1.29, 1.82) is 0 Å². The second kappa shape index (κ2) is 6.77. The molecule has 2 aromatic rings. The van der Waals surface area contributed by atoms with Crippen LogP contribution in [0.2, 0.25) is 0 Å². The number of hydrogen-bond acceptors (Lipinski definition) is 6. The van der Waals surface area contributed by atoms with Crippen LogP contribution in [0.25, 0.3) is 10.6 Å². The second-order valence-corrected chi connectivity index (χ2v) is 8.08. The predicted octanol–water partition coefficient (Wildman–Crippen LogP) is 2.85. The Morgan fingerprint density at radius 2 is 2.04 bits per heavy atom. The van der Waals surface area contributed by atoms with Crippen molar-refractivity contribution < 1.29 is 30.8 Å². The molecule has 0 aliphatic heterocycles. The van der Waals surface area contributed by atoms with Crippen LogP contribution >= 0.6 is 11.3 Å². The first-order valence-electron chi connectivity index (χ1n) is 6.78. The molecule has 0 aromatic carbocycles. The van der Waals surface area contributed by atoms with Gasteiger partial charge in [-0.1, -0.05) is 11.3 Å². The molecule has 2 heterocycles. The van der Waals surface area contributed by atoms with E-state index in [4.69, 9.17) is 4.42 Å². The summed E-state index contributed by atoms with van der Waals surface area (Å²) in [5, 5.41) is 2.18. The topological polar surface area (TPSA) is 92.5 Å². The highest BCUT2D eigenvalue weighted by molar-refractivity contribution is 7.89. The van der Waals surface area contributed by atoms with E-state index in [1.807, 2.05) is 0 Å². The van der Waals surface area contributed by atoms with Crippen molar-refractivity contribution in [2.45, 2.75) is 25.1 Å². The van der Waals surface area contributed by atoms with Crippen molar-refractivity contribution in [3.05, 3.63) is 17.8 Å². The molecule has 0 aliphatic rings. The number of nitrogens with one attached hydrogen (secondary N) is 1. The normalized spacial score (nSPS) is 12.6. The Labute approximate surface area is 145 Å². The fraction of sp³-hybridized carbons (Fsp3) is 0.385. The number of rotatable bonds is 5. The van der Waals surface area contributed by atoms with E-state index >= 15 is 0 Å². The average molecular weight is 397 g/mol. The van der Waals surface area contributed by atoms with E-state index in [2.05, 4.69) is 10.3 Å². The van der Waals surface area contributed by atoms with E-state index in [1.54, 1.807) is 6.92 Å². The number of furan rings is 1. The summed E-state index contributed by atoms with van der Waals surface area (Å²) in [4.78, 5) is 15.6. The van der Waals surface area contributed by atoms with E-state index in [9.17, 15) is 26.4 Å². The van der Waals surface area contributed by atoms with Gasteiger partial charge in [-0.3, -0.25) is 4.79 Å². The zero-order valence-electron chi connectivity index (χ0n) is 13.3. The quantitative estimate of drug-likeness (QED) is 0.838. The van der Waals surface area contributed by atoms with Crippen LogP contribution in [0.3, 0.4) is 0 Å². The minimum atomic E-state index is -4.67. The lowest BCUT2D eigenvalue weighted by Gasteiger charge is -2.16. The molecule has 1 amide bonds. The summed E-state index contributed by atoms with van der Waals surface area (Å²) in [6.07, 6.45) is -4.67. The van der Waals surface area contributed by atoms with Crippen molar-refractivity contribution in [2.75, 3.05) is 18.9 Å². The number of carbonyl (C=O) groups excluding carboxylic acids is 1. The number of aryl methyl sites for hydroxylation is 1. The van der Waals surface area contributed by atoms with Crippen LogP contribution < -0.4 is 5.32 Å². The third-order valence-electron chi connectivity index (χ3n) is 2.95. The summed E-state index contributed by atoms with van der Waals surface area (Å²) < 4.78 is 66.9. The Morgan fingerprint density at radius 1 is 1.40 bits per heavy atom. The number of carbonyl (C=O) groups is 1. The Morgan fingerprint density at radius 3 is 2.60 bits per heavy atom. The summed E-state index contributed by atoms with van der Waals surface area (Å²) in [5.74, 6) is -0.192. The first-order valence-corrected chi connectivity index (χ1v) is 9.04. The standard InChI is InChI=1S/C13H14F3N3O4S2/c1-7-11(24-12(17-7)18-8(2)20)9-4-5-10(23-9)25(21,22)19(3)6-13(14,15)16/h4-5H,6H2,1-3H3,(H,17,18,20). The maximum atomic E-state index is 12.4. The molecule has 0 atom stereocenters. The van der Waals surface area contributed by atoms with Gasteiger partial charge in [0.1, 0.15) is 12.3 Å². The van der Waals surface area contributed by atoms with Crippen molar-refractivity contribution in [2.24, 2.45) is 0 Å². The number of alkyl halides is 3. The molecule has 0 saturated heterocycles. The predicted molar refractivity (Wildman–Crippen MR) is 84.7 cm³/mol. The zero-order chi connectivity index (χ0) is 19.0. The van der Waals surface area contributed by atoms with Crippen molar-refractivity contribution in [3.63, 3.8) is 0 Å². The molecule has 138 valence electrons. The number of amides is 1. The number of sulfonamides is 1. The van der Waals surface area contributed by atoms with Crippen molar-refractivity contribution >= 4 is 32.4 Å². The number of nitrogens with zero attached hydrogens (tertiary/aromatic N) is 2. The lowest BCUT2D eigenvalue weighted by Crippen LogP contribution is -2.35. The highest BCUT2D eigenvalue weighted by atomic mass is 32.2. The molecule has 0 bridgehead atoms. The third kappa shape index (κ3) is 4.58. The highest BCUT2D eigenvalue weighted by Crippen LogP contribution is 2.35. The lowest BCUT2D eigenvalue weighted by atomic mass is 10.3. The van der Waals surface area contributed by atoms with Crippen LogP contribution in [0.5, 0.6) is 0 Å². The van der Waals surface area contributed by atoms with E-state index in [-0.39, 0.29) is 16.0 Å². The van der Waals surface area contributed by atoms with Crippen LogP contribution in [0.15, 0.2) is 21.6 Å². The summed E-state index contributed by atoms with van der Waals surface area (Å²) in [5.41, 5.74) is 0.482. The number of thiazole rings is 1. The molecular formula is C13H14F3N3O4S2. The van der Waals surface area contributed by atoms with Crippen molar-refractivity contribution in [3.8, 4) is 10.6 Å². The van der Waals surface area contributed by atoms with E-state index in [0.717, 1.165) is 24.5 Å². The van der Waals surface area contributed by atoms with Crippen LogP contribution in [0.4, 0.5) is 18.3 Å².